The molecule has 0 aliphatic carbocycles. The first-order valence-electron chi connectivity index (χ1n) is 8.48. The Morgan fingerprint density at radius 3 is 2.36 bits per heavy atom. The molecule has 2 rings (SSSR count). The topological polar surface area (TPSA) is 29.1 Å². The second-order valence-electron chi connectivity index (χ2n) is 7.25. The molecule has 2 aromatic carbocycles. The van der Waals surface area contributed by atoms with Crippen LogP contribution in [0, 0.1) is 0 Å². The van der Waals surface area contributed by atoms with Gasteiger partial charge in [-0.05, 0) is 35.1 Å². The number of rotatable bonds is 6. The van der Waals surface area contributed by atoms with Crippen molar-refractivity contribution in [1.29, 1.82) is 0 Å². The normalized spacial score (nSPS) is 12.7. The number of carbonyl (C=O) groups is 1. The van der Waals surface area contributed by atoms with E-state index < -0.39 is 0 Å². The van der Waals surface area contributed by atoms with Crippen LogP contribution in [0.2, 0.25) is 0 Å². The van der Waals surface area contributed by atoms with Crippen molar-refractivity contribution in [3.05, 3.63) is 69.7 Å². The Morgan fingerprint density at radius 1 is 1.12 bits per heavy atom. The van der Waals surface area contributed by atoms with Crippen LogP contribution < -0.4 is 5.32 Å². The molecule has 1 amide bonds. The molecule has 0 radical (unpaired) electrons. The van der Waals surface area contributed by atoms with Gasteiger partial charge in [-0.1, -0.05) is 79.2 Å². The van der Waals surface area contributed by atoms with E-state index in [1.54, 1.807) is 11.8 Å². The number of carbonyl (C=O) groups excluding carboxylic acids is 1. The molecule has 2 nitrogen and oxygen atoms in total. The number of hydrogen-bond donors (Lipinski definition) is 1. The van der Waals surface area contributed by atoms with Crippen LogP contribution in [0.3, 0.4) is 0 Å². The average molecular weight is 420 g/mol. The van der Waals surface area contributed by atoms with Crippen molar-refractivity contribution < 1.29 is 4.79 Å². The lowest BCUT2D eigenvalue weighted by Gasteiger charge is -2.20. The van der Waals surface area contributed by atoms with Crippen molar-refractivity contribution in [2.24, 2.45) is 0 Å². The fourth-order valence-corrected chi connectivity index (χ4v) is 3.96. The molecule has 0 fully saturated rings. The van der Waals surface area contributed by atoms with Crippen molar-refractivity contribution in [1.82, 2.24) is 5.32 Å². The highest BCUT2D eigenvalue weighted by molar-refractivity contribution is 9.10. The molecular weight excluding hydrogens is 394 g/mol. The molecular formula is C21H26BrNOS. The average Bonchev–Trinajstić information content (AvgIpc) is 2.56. The Balaban J connectivity index is 1.82. The zero-order valence-corrected chi connectivity index (χ0v) is 17.7. The molecule has 2 aromatic rings. The Hall–Kier alpha value is -1.26. The van der Waals surface area contributed by atoms with Crippen LogP contribution in [-0.4, -0.2) is 11.7 Å². The van der Waals surface area contributed by atoms with Crippen LogP contribution in [0.25, 0.3) is 0 Å². The Labute approximate surface area is 163 Å². The number of hydrogen-bond acceptors (Lipinski definition) is 2. The van der Waals surface area contributed by atoms with Crippen LogP contribution >= 0.6 is 27.7 Å². The summed E-state index contributed by atoms with van der Waals surface area (Å²) >= 11 is 5.17. The van der Waals surface area contributed by atoms with E-state index in [0.29, 0.717) is 5.75 Å². The van der Waals surface area contributed by atoms with Crippen LogP contribution in [0.1, 0.15) is 50.4 Å². The van der Waals surface area contributed by atoms with Gasteiger partial charge in [0.15, 0.2) is 0 Å². The maximum atomic E-state index is 12.2. The Morgan fingerprint density at radius 2 is 1.76 bits per heavy atom. The summed E-state index contributed by atoms with van der Waals surface area (Å²) in [4.78, 5) is 12.2. The van der Waals surface area contributed by atoms with Gasteiger partial charge in [-0.3, -0.25) is 4.79 Å². The highest BCUT2D eigenvalue weighted by Crippen LogP contribution is 2.24. The molecule has 0 spiro atoms. The predicted octanol–water partition coefficient (Wildman–Crippen LogP) is 5.86. The zero-order valence-electron chi connectivity index (χ0n) is 15.3. The van der Waals surface area contributed by atoms with Gasteiger partial charge in [-0.15, -0.1) is 11.8 Å². The first kappa shape index (κ1) is 20.1. The van der Waals surface area contributed by atoms with E-state index in [1.165, 1.54) is 11.1 Å². The fourth-order valence-electron chi connectivity index (χ4n) is 2.51. The summed E-state index contributed by atoms with van der Waals surface area (Å²) < 4.78 is 1.09. The number of benzene rings is 2. The van der Waals surface area contributed by atoms with Gasteiger partial charge in [0, 0.05) is 10.2 Å². The van der Waals surface area contributed by atoms with Gasteiger partial charge in [-0.2, -0.15) is 0 Å². The molecule has 25 heavy (non-hydrogen) atoms. The monoisotopic (exact) mass is 419 g/mol. The van der Waals surface area contributed by atoms with Crippen LogP contribution in [0.5, 0.6) is 0 Å². The summed E-state index contributed by atoms with van der Waals surface area (Å²) in [6.07, 6.45) is 0. The molecule has 0 bridgehead atoms. The molecule has 0 aliphatic rings. The fraction of sp³-hybridized carbons (Fsp3) is 0.381. The van der Waals surface area contributed by atoms with E-state index in [4.69, 9.17) is 0 Å². The lowest BCUT2D eigenvalue weighted by atomic mass is 9.86. The third kappa shape index (κ3) is 6.19. The highest BCUT2D eigenvalue weighted by atomic mass is 79.9. The zero-order chi connectivity index (χ0) is 18.4. The SMILES string of the molecule is CC(NC(=O)CSCc1ccccc1Br)c1ccc(C(C)(C)C)cc1. The maximum absolute atomic E-state index is 12.2. The van der Waals surface area contributed by atoms with Crippen molar-refractivity contribution in [2.45, 2.75) is 44.9 Å². The van der Waals surface area contributed by atoms with E-state index in [9.17, 15) is 4.79 Å². The van der Waals surface area contributed by atoms with Gasteiger partial charge in [-0.25, -0.2) is 0 Å². The number of thioether (sulfide) groups is 1. The lowest BCUT2D eigenvalue weighted by molar-refractivity contribution is -0.119. The Bertz CT molecular complexity index is 707. The minimum absolute atomic E-state index is 0.0191. The molecule has 0 aliphatic heterocycles. The summed E-state index contributed by atoms with van der Waals surface area (Å²) in [6.45, 7) is 8.64. The molecule has 0 aromatic heterocycles. The number of halogens is 1. The third-order valence-corrected chi connectivity index (χ3v) is 5.86. The van der Waals surface area contributed by atoms with Crippen molar-refractivity contribution in [3.8, 4) is 0 Å². The van der Waals surface area contributed by atoms with Crippen LogP contribution in [0.15, 0.2) is 53.0 Å². The van der Waals surface area contributed by atoms with Gasteiger partial charge in [0.05, 0.1) is 11.8 Å². The van der Waals surface area contributed by atoms with E-state index in [-0.39, 0.29) is 17.4 Å². The predicted molar refractivity (Wildman–Crippen MR) is 112 cm³/mol. The van der Waals surface area contributed by atoms with Crippen molar-refractivity contribution in [3.63, 3.8) is 0 Å². The summed E-state index contributed by atoms with van der Waals surface area (Å²) in [5.41, 5.74) is 3.80. The minimum Gasteiger partial charge on any atom is -0.349 e. The van der Waals surface area contributed by atoms with Gasteiger partial charge >= 0.3 is 0 Å². The van der Waals surface area contributed by atoms with Crippen LogP contribution in [-0.2, 0) is 16.0 Å². The van der Waals surface area contributed by atoms with Crippen molar-refractivity contribution >= 4 is 33.6 Å². The Kier molecular flexibility index (Phi) is 7.14. The minimum atomic E-state index is 0.0191. The molecule has 4 heteroatoms. The standard InChI is InChI=1S/C21H26BrNOS/c1-15(16-9-11-18(12-10-16)21(2,3)4)23-20(24)14-25-13-17-7-5-6-8-19(17)22/h5-12,15H,13-14H2,1-4H3,(H,23,24). The first-order valence-corrected chi connectivity index (χ1v) is 10.4. The second-order valence-corrected chi connectivity index (χ2v) is 9.09. The molecule has 1 unspecified atom stereocenters. The molecule has 134 valence electrons. The smallest absolute Gasteiger partial charge is 0.230 e. The summed E-state index contributed by atoms with van der Waals surface area (Å²) in [7, 11) is 0. The summed E-state index contributed by atoms with van der Waals surface area (Å²) in [5.74, 6) is 1.36. The molecule has 0 saturated carbocycles. The van der Waals surface area contributed by atoms with Crippen molar-refractivity contribution in [2.75, 3.05) is 5.75 Å². The van der Waals surface area contributed by atoms with E-state index in [2.05, 4.69) is 72.3 Å². The number of amides is 1. The van der Waals surface area contributed by atoms with Gasteiger partial charge in [0.25, 0.3) is 0 Å². The second kappa shape index (κ2) is 8.91. The molecule has 1 atom stereocenters. The lowest BCUT2D eigenvalue weighted by Crippen LogP contribution is -2.28. The highest BCUT2D eigenvalue weighted by Gasteiger charge is 2.15. The third-order valence-electron chi connectivity index (χ3n) is 4.10. The number of nitrogens with one attached hydrogen (secondary N) is 1. The van der Waals surface area contributed by atoms with Gasteiger partial charge < -0.3 is 5.32 Å². The molecule has 1 N–H and O–H groups in total. The first-order chi connectivity index (χ1) is 11.8. The van der Waals surface area contributed by atoms with E-state index >= 15 is 0 Å². The summed E-state index contributed by atoms with van der Waals surface area (Å²) in [6, 6.07) is 16.7. The quantitative estimate of drug-likeness (QED) is 0.635. The molecule has 0 saturated heterocycles. The van der Waals surface area contributed by atoms with Gasteiger partial charge in [0.2, 0.25) is 5.91 Å². The molecule has 0 heterocycles. The van der Waals surface area contributed by atoms with Crippen LogP contribution in [0.4, 0.5) is 0 Å². The van der Waals surface area contributed by atoms with E-state index in [0.717, 1.165) is 15.8 Å². The largest absolute Gasteiger partial charge is 0.349 e. The summed E-state index contributed by atoms with van der Waals surface area (Å²) in [5, 5.41) is 3.08. The van der Waals surface area contributed by atoms with Gasteiger partial charge in [0.1, 0.15) is 0 Å². The maximum Gasteiger partial charge on any atom is 0.230 e. The van der Waals surface area contributed by atoms with E-state index in [1.807, 2.05) is 25.1 Å².